The van der Waals surface area contributed by atoms with Crippen LogP contribution in [-0.2, 0) is 12.8 Å². The van der Waals surface area contributed by atoms with Crippen LogP contribution in [0, 0.1) is 12.3 Å². The van der Waals surface area contributed by atoms with E-state index < -0.39 is 6.36 Å². The highest BCUT2D eigenvalue weighted by molar-refractivity contribution is 7.17. The number of anilines is 1. The minimum atomic E-state index is -4.66. The molecule has 0 N–H and O–H groups in total. The van der Waals surface area contributed by atoms with Crippen LogP contribution in [0.1, 0.15) is 64.3 Å². The van der Waals surface area contributed by atoms with E-state index in [1.54, 1.807) is 23.5 Å². The van der Waals surface area contributed by atoms with Gasteiger partial charge in [0.25, 0.3) is 0 Å². The van der Waals surface area contributed by atoms with Crippen molar-refractivity contribution in [2.24, 2.45) is 5.41 Å². The first-order chi connectivity index (χ1) is 18.6. The number of imidazole rings is 1. The Morgan fingerprint density at radius 3 is 2.44 bits per heavy atom. The van der Waals surface area contributed by atoms with Crippen molar-refractivity contribution in [2.45, 2.75) is 58.2 Å². The van der Waals surface area contributed by atoms with Gasteiger partial charge in [0.1, 0.15) is 11.4 Å². The molecule has 0 radical (unpaired) electrons. The first kappa shape index (κ1) is 25.9. The third-order valence-electron chi connectivity index (χ3n) is 8.05. The quantitative estimate of drug-likeness (QED) is 0.214. The third-order valence-corrected chi connectivity index (χ3v) is 8.95. The molecule has 4 aromatic rings. The molecule has 3 heterocycles. The van der Waals surface area contributed by atoms with E-state index >= 15 is 0 Å². The molecule has 2 aromatic heterocycles. The first-order valence-electron chi connectivity index (χ1n) is 13.3. The highest BCUT2D eigenvalue weighted by Gasteiger charge is 2.52. The zero-order valence-electron chi connectivity index (χ0n) is 21.9. The number of ether oxygens (including phenoxy) is 1. The number of alkyl halides is 3. The second-order valence-electron chi connectivity index (χ2n) is 10.9. The number of Topliss-reactive ketones (excluding diaryl/α,β-unsaturated/α-hetero) is 1. The van der Waals surface area contributed by atoms with Crippen molar-refractivity contribution in [2.75, 3.05) is 18.0 Å². The second kappa shape index (κ2) is 9.70. The second-order valence-corrected chi connectivity index (χ2v) is 12.1. The van der Waals surface area contributed by atoms with E-state index in [1.807, 2.05) is 24.4 Å². The summed E-state index contributed by atoms with van der Waals surface area (Å²) in [5, 5.41) is 0. The standard InChI is InChI=1S/C30H30F3N3O2S/c1-3-25-27(36-16-19(2)39-28(36)34-25)26(37)13-6-20-4-9-23(10-5-20)35-17-29(18-35)14-22(15-29)21-7-11-24(12-8-21)38-30(31,32)33/h4-5,7-12,16,22H,3,6,13-15,17-18H2,1-2H3. The van der Waals surface area contributed by atoms with E-state index in [1.165, 1.54) is 17.8 Å². The lowest BCUT2D eigenvalue weighted by Gasteiger charge is -2.60. The fraction of sp³-hybridized carbons (Fsp3) is 0.400. The predicted molar refractivity (Wildman–Crippen MR) is 146 cm³/mol. The monoisotopic (exact) mass is 553 g/mol. The summed E-state index contributed by atoms with van der Waals surface area (Å²) in [5.74, 6) is 0.341. The highest BCUT2D eigenvalue weighted by Crippen LogP contribution is 2.56. The Kier molecular flexibility index (Phi) is 6.44. The summed E-state index contributed by atoms with van der Waals surface area (Å²) in [7, 11) is 0. The van der Waals surface area contributed by atoms with Crippen LogP contribution in [-0.4, -0.2) is 34.6 Å². The molecule has 1 saturated heterocycles. The largest absolute Gasteiger partial charge is 0.573 e. The fourth-order valence-electron chi connectivity index (χ4n) is 6.16. The molecule has 6 rings (SSSR count). The molecule has 2 aromatic carbocycles. The van der Waals surface area contributed by atoms with Crippen LogP contribution in [0.2, 0.25) is 0 Å². The van der Waals surface area contributed by atoms with Crippen molar-refractivity contribution < 1.29 is 22.7 Å². The molecular weight excluding hydrogens is 523 g/mol. The number of fused-ring (bicyclic) bond motifs is 1. The van der Waals surface area contributed by atoms with Gasteiger partial charge in [-0.05, 0) is 73.9 Å². The number of nitrogens with zero attached hydrogens (tertiary/aromatic N) is 3. The molecule has 0 unspecified atom stereocenters. The zero-order valence-corrected chi connectivity index (χ0v) is 22.7. The van der Waals surface area contributed by atoms with Gasteiger partial charge >= 0.3 is 6.36 Å². The van der Waals surface area contributed by atoms with Crippen LogP contribution in [0.4, 0.5) is 18.9 Å². The van der Waals surface area contributed by atoms with E-state index in [0.717, 1.165) is 64.7 Å². The lowest BCUT2D eigenvalue weighted by atomic mass is 9.56. The molecule has 0 atom stereocenters. The molecule has 39 heavy (non-hydrogen) atoms. The molecule has 2 fully saturated rings. The van der Waals surface area contributed by atoms with E-state index in [0.29, 0.717) is 24.2 Å². The van der Waals surface area contributed by atoms with Gasteiger partial charge in [-0.1, -0.05) is 31.2 Å². The van der Waals surface area contributed by atoms with Crippen LogP contribution in [0.3, 0.4) is 0 Å². The maximum Gasteiger partial charge on any atom is 0.573 e. The van der Waals surface area contributed by atoms with Crippen molar-refractivity contribution in [1.29, 1.82) is 0 Å². The molecule has 2 aliphatic rings. The molecule has 204 valence electrons. The van der Waals surface area contributed by atoms with Gasteiger partial charge in [-0.15, -0.1) is 24.5 Å². The van der Waals surface area contributed by atoms with Crippen molar-refractivity contribution >= 4 is 27.8 Å². The summed E-state index contributed by atoms with van der Waals surface area (Å²) in [5.41, 5.74) is 5.30. The number of hydrogen-bond acceptors (Lipinski definition) is 5. The topological polar surface area (TPSA) is 46.8 Å². The molecule has 1 aliphatic carbocycles. The highest BCUT2D eigenvalue weighted by atomic mass is 32.1. The number of carbonyl (C=O) groups excluding carboxylic acids is 1. The molecular formula is C30H30F3N3O2S. The number of carbonyl (C=O) groups is 1. The summed E-state index contributed by atoms with van der Waals surface area (Å²) in [6.45, 7) is 6.05. The van der Waals surface area contributed by atoms with Crippen molar-refractivity contribution in [1.82, 2.24) is 9.38 Å². The summed E-state index contributed by atoms with van der Waals surface area (Å²) in [6.07, 6.45) is 1.32. The van der Waals surface area contributed by atoms with Gasteiger partial charge in [0.05, 0.1) is 5.69 Å². The SMILES string of the molecule is CCc1nc2sc(C)cn2c1C(=O)CCc1ccc(N2CC3(CC(c4ccc(OC(F)(F)F)cc4)C3)C2)cc1. The minimum Gasteiger partial charge on any atom is -0.406 e. The number of benzene rings is 2. The molecule has 0 bridgehead atoms. The maximum atomic E-state index is 13.1. The Balaban J connectivity index is 0.998. The number of ketones is 1. The van der Waals surface area contributed by atoms with Crippen LogP contribution in [0.5, 0.6) is 5.75 Å². The van der Waals surface area contributed by atoms with Crippen LogP contribution in [0.25, 0.3) is 4.96 Å². The van der Waals surface area contributed by atoms with Gasteiger partial charge in [-0.3, -0.25) is 9.20 Å². The smallest absolute Gasteiger partial charge is 0.406 e. The molecule has 9 heteroatoms. The summed E-state index contributed by atoms with van der Waals surface area (Å²) in [4.78, 5) is 22.2. The molecule has 1 aliphatic heterocycles. The Labute approximate surface area is 229 Å². The first-order valence-corrected chi connectivity index (χ1v) is 14.1. The summed E-state index contributed by atoms with van der Waals surface area (Å²) < 4.78 is 43.1. The minimum absolute atomic E-state index is 0.132. The van der Waals surface area contributed by atoms with Crippen LogP contribution < -0.4 is 9.64 Å². The summed E-state index contributed by atoms with van der Waals surface area (Å²) in [6, 6.07) is 14.8. The Bertz CT molecular complexity index is 1490. The fourth-order valence-corrected chi connectivity index (χ4v) is 7.00. The van der Waals surface area contributed by atoms with E-state index in [9.17, 15) is 18.0 Å². The molecule has 1 saturated carbocycles. The number of aryl methyl sites for hydroxylation is 3. The average Bonchev–Trinajstić information content (AvgIpc) is 3.37. The maximum absolute atomic E-state index is 13.1. The Morgan fingerprint density at radius 2 is 1.79 bits per heavy atom. The molecule has 0 amide bonds. The van der Waals surface area contributed by atoms with Gasteiger partial charge in [-0.25, -0.2) is 4.98 Å². The predicted octanol–water partition coefficient (Wildman–Crippen LogP) is 7.36. The number of hydrogen-bond donors (Lipinski definition) is 0. The van der Waals surface area contributed by atoms with Crippen LogP contribution >= 0.6 is 11.3 Å². The van der Waals surface area contributed by atoms with E-state index in [-0.39, 0.29) is 11.5 Å². The summed E-state index contributed by atoms with van der Waals surface area (Å²) >= 11 is 1.61. The van der Waals surface area contributed by atoms with Crippen LogP contribution in [0.15, 0.2) is 54.7 Å². The number of thiazole rings is 1. The van der Waals surface area contributed by atoms with Gasteiger partial charge < -0.3 is 9.64 Å². The van der Waals surface area contributed by atoms with Gasteiger partial charge in [-0.2, -0.15) is 0 Å². The van der Waals surface area contributed by atoms with Gasteiger partial charge in [0.15, 0.2) is 10.7 Å². The molecule has 5 nitrogen and oxygen atoms in total. The lowest BCUT2D eigenvalue weighted by molar-refractivity contribution is -0.274. The average molecular weight is 554 g/mol. The van der Waals surface area contributed by atoms with Gasteiger partial charge in [0.2, 0.25) is 0 Å². The molecule has 1 spiro atoms. The van der Waals surface area contributed by atoms with Crippen molar-refractivity contribution in [3.8, 4) is 5.75 Å². The number of rotatable bonds is 8. The lowest BCUT2D eigenvalue weighted by Crippen LogP contribution is -2.61. The Morgan fingerprint density at radius 1 is 1.10 bits per heavy atom. The van der Waals surface area contributed by atoms with Gasteiger partial charge in [0, 0.05) is 41.7 Å². The Hall–Kier alpha value is -3.33. The van der Waals surface area contributed by atoms with Crippen molar-refractivity contribution in [3.05, 3.63) is 82.1 Å². The van der Waals surface area contributed by atoms with E-state index in [2.05, 4.69) is 38.9 Å². The normalized spacial score (nSPS) is 16.9. The number of aromatic nitrogens is 2. The van der Waals surface area contributed by atoms with E-state index in [4.69, 9.17) is 0 Å². The third kappa shape index (κ3) is 5.16. The zero-order chi connectivity index (χ0) is 27.4. The van der Waals surface area contributed by atoms with Crippen molar-refractivity contribution in [3.63, 3.8) is 0 Å². The number of halogens is 3.